The summed E-state index contributed by atoms with van der Waals surface area (Å²) in [4.78, 5) is 12.7. The van der Waals surface area contributed by atoms with Crippen molar-refractivity contribution in [2.24, 2.45) is 0 Å². The van der Waals surface area contributed by atoms with Gasteiger partial charge in [0.25, 0.3) is 5.91 Å². The van der Waals surface area contributed by atoms with Crippen molar-refractivity contribution < 1.29 is 14.1 Å². The van der Waals surface area contributed by atoms with Gasteiger partial charge < -0.3 is 14.6 Å². The first-order chi connectivity index (χ1) is 13.4. The van der Waals surface area contributed by atoms with Crippen LogP contribution in [0.4, 0.5) is 0 Å². The molecule has 1 aromatic heterocycles. The molecule has 0 atom stereocenters. The van der Waals surface area contributed by atoms with Gasteiger partial charge in [-0.2, -0.15) is 0 Å². The molecule has 8 heteroatoms. The van der Waals surface area contributed by atoms with Crippen LogP contribution in [0.2, 0.25) is 15.1 Å². The molecule has 3 aromatic rings. The molecule has 5 nitrogen and oxygen atoms in total. The molecular weight excluding hydrogens is 423 g/mol. The van der Waals surface area contributed by atoms with Crippen LogP contribution in [0.3, 0.4) is 0 Å². The average molecular weight is 440 g/mol. The molecule has 2 aromatic carbocycles. The lowest BCUT2D eigenvalue weighted by molar-refractivity contribution is 0.0953. The monoisotopic (exact) mass is 438 g/mol. The lowest BCUT2D eigenvalue weighted by Gasteiger charge is -2.09. The van der Waals surface area contributed by atoms with Crippen LogP contribution in [0.1, 0.15) is 21.7 Å². The third-order valence-electron chi connectivity index (χ3n) is 4.18. The number of nitrogens with zero attached hydrogens (tertiary/aromatic N) is 1. The number of benzene rings is 2. The van der Waals surface area contributed by atoms with Crippen molar-refractivity contribution in [2.45, 2.75) is 13.3 Å². The number of halogens is 3. The fraction of sp³-hybridized carbons (Fsp3) is 0.200. The van der Waals surface area contributed by atoms with Crippen molar-refractivity contribution in [1.82, 2.24) is 10.5 Å². The van der Waals surface area contributed by atoms with E-state index < -0.39 is 0 Å². The number of aryl methyl sites for hydroxylation is 1. The molecule has 0 spiro atoms. The molecule has 0 aliphatic carbocycles. The highest BCUT2D eigenvalue weighted by Gasteiger charge is 2.23. The second-order valence-corrected chi connectivity index (χ2v) is 7.32. The van der Waals surface area contributed by atoms with Crippen LogP contribution in [0, 0.1) is 6.92 Å². The van der Waals surface area contributed by atoms with Gasteiger partial charge in [0.05, 0.1) is 17.2 Å². The summed E-state index contributed by atoms with van der Waals surface area (Å²) in [7, 11) is 1.48. The van der Waals surface area contributed by atoms with Gasteiger partial charge in [-0.1, -0.05) is 52.1 Å². The second-order valence-electron chi connectivity index (χ2n) is 6.07. The Balaban J connectivity index is 1.78. The molecule has 0 bridgehead atoms. The average Bonchev–Trinajstić information content (AvgIpc) is 3.04. The zero-order valence-corrected chi connectivity index (χ0v) is 17.5. The molecule has 0 aliphatic rings. The van der Waals surface area contributed by atoms with E-state index in [0.717, 1.165) is 5.56 Å². The predicted molar refractivity (Wildman–Crippen MR) is 111 cm³/mol. The van der Waals surface area contributed by atoms with Crippen LogP contribution in [0.25, 0.3) is 11.3 Å². The van der Waals surface area contributed by atoms with Crippen LogP contribution in [0.5, 0.6) is 5.75 Å². The Morgan fingerprint density at radius 1 is 1.14 bits per heavy atom. The lowest BCUT2D eigenvalue weighted by Crippen LogP contribution is -2.26. The van der Waals surface area contributed by atoms with Crippen molar-refractivity contribution in [3.8, 4) is 17.0 Å². The zero-order valence-electron chi connectivity index (χ0n) is 15.2. The normalized spacial score (nSPS) is 10.8. The SMILES string of the molecule is COc1c(Cl)cc(-c2noc(C)c2C(=O)NCCc2ccc(Cl)cc2)cc1Cl. The summed E-state index contributed by atoms with van der Waals surface area (Å²) in [5.41, 5.74) is 2.34. The number of carbonyl (C=O) groups excluding carboxylic acids is 1. The Morgan fingerprint density at radius 3 is 2.39 bits per heavy atom. The number of rotatable bonds is 6. The van der Waals surface area contributed by atoms with E-state index in [1.165, 1.54) is 7.11 Å². The first-order valence-corrected chi connectivity index (χ1v) is 9.56. The molecule has 146 valence electrons. The predicted octanol–water partition coefficient (Wildman–Crippen LogP) is 5.59. The molecule has 1 N–H and O–H groups in total. The third kappa shape index (κ3) is 4.43. The number of aromatic nitrogens is 1. The molecule has 1 heterocycles. The Bertz CT molecular complexity index is 977. The minimum absolute atomic E-state index is 0.286. The highest BCUT2D eigenvalue weighted by molar-refractivity contribution is 6.37. The summed E-state index contributed by atoms with van der Waals surface area (Å²) in [6.07, 6.45) is 0.669. The quantitative estimate of drug-likeness (QED) is 0.543. The number of carbonyl (C=O) groups is 1. The van der Waals surface area contributed by atoms with E-state index in [-0.39, 0.29) is 5.91 Å². The lowest BCUT2D eigenvalue weighted by atomic mass is 10.1. The number of nitrogens with one attached hydrogen (secondary N) is 1. The first kappa shape index (κ1) is 20.5. The van der Waals surface area contributed by atoms with E-state index in [4.69, 9.17) is 44.1 Å². The number of ether oxygens (including phenoxy) is 1. The Labute approximate surface area is 177 Å². The molecule has 0 unspecified atom stereocenters. The van der Waals surface area contributed by atoms with Crippen LogP contribution >= 0.6 is 34.8 Å². The maximum absolute atomic E-state index is 12.7. The Kier molecular flexibility index (Phi) is 6.50. The zero-order chi connectivity index (χ0) is 20.3. The number of methoxy groups -OCH3 is 1. The van der Waals surface area contributed by atoms with E-state index in [2.05, 4.69) is 10.5 Å². The van der Waals surface area contributed by atoms with Crippen molar-refractivity contribution in [3.05, 3.63) is 68.4 Å². The van der Waals surface area contributed by atoms with Gasteiger partial charge in [0.1, 0.15) is 17.0 Å². The summed E-state index contributed by atoms with van der Waals surface area (Å²) in [5, 5.41) is 8.21. The Hall–Kier alpha value is -2.21. The van der Waals surface area contributed by atoms with Crippen LogP contribution in [0.15, 0.2) is 40.9 Å². The van der Waals surface area contributed by atoms with Crippen molar-refractivity contribution >= 4 is 40.7 Å². The van der Waals surface area contributed by atoms with Gasteiger partial charge in [-0.05, 0) is 43.2 Å². The molecule has 28 heavy (non-hydrogen) atoms. The van der Waals surface area contributed by atoms with Crippen molar-refractivity contribution in [2.75, 3.05) is 13.7 Å². The minimum Gasteiger partial charge on any atom is -0.494 e. The molecule has 0 saturated heterocycles. The maximum atomic E-state index is 12.7. The van der Waals surface area contributed by atoms with Gasteiger partial charge in [0.15, 0.2) is 5.75 Å². The van der Waals surface area contributed by atoms with E-state index in [1.54, 1.807) is 19.1 Å². The summed E-state index contributed by atoms with van der Waals surface area (Å²) in [6.45, 7) is 2.13. The molecule has 0 fully saturated rings. The van der Waals surface area contributed by atoms with E-state index >= 15 is 0 Å². The molecule has 1 amide bonds. The second kappa shape index (κ2) is 8.86. The first-order valence-electron chi connectivity index (χ1n) is 8.43. The van der Waals surface area contributed by atoms with Crippen LogP contribution < -0.4 is 10.1 Å². The fourth-order valence-corrected chi connectivity index (χ4v) is 3.56. The van der Waals surface area contributed by atoms with E-state index in [0.29, 0.717) is 56.4 Å². The highest BCUT2D eigenvalue weighted by atomic mass is 35.5. The summed E-state index contributed by atoms with van der Waals surface area (Å²) in [6, 6.07) is 10.7. The summed E-state index contributed by atoms with van der Waals surface area (Å²) >= 11 is 18.3. The van der Waals surface area contributed by atoms with Gasteiger partial charge in [-0.25, -0.2) is 0 Å². The molecule has 0 radical (unpaired) electrons. The Morgan fingerprint density at radius 2 is 1.79 bits per heavy atom. The van der Waals surface area contributed by atoms with Gasteiger partial charge in [-0.15, -0.1) is 0 Å². The highest BCUT2D eigenvalue weighted by Crippen LogP contribution is 2.38. The standard InChI is InChI=1S/C20H17Cl3N2O3/c1-11-17(20(26)24-8-7-12-3-5-14(21)6-4-12)18(25-28-11)13-9-15(22)19(27-2)16(23)10-13/h3-6,9-10H,7-8H2,1-2H3,(H,24,26). The minimum atomic E-state index is -0.286. The maximum Gasteiger partial charge on any atom is 0.257 e. The number of hydrogen-bond donors (Lipinski definition) is 1. The fourth-order valence-electron chi connectivity index (χ4n) is 2.79. The van der Waals surface area contributed by atoms with Gasteiger partial charge in [-0.3, -0.25) is 4.79 Å². The topological polar surface area (TPSA) is 64.4 Å². The van der Waals surface area contributed by atoms with Crippen LogP contribution in [-0.4, -0.2) is 24.7 Å². The third-order valence-corrected chi connectivity index (χ3v) is 4.99. The molecule has 0 saturated carbocycles. The molecule has 3 rings (SSSR count). The number of hydrogen-bond acceptors (Lipinski definition) is 4. The van der Waals surface area contributed by atoms with Gasteiger partial charge in [0, 0.05) is 17.1 Å². The van der Waals surface area contributed by atoms with Gasteiger partial charge in [0.2, 0.25) is 0 Å². The molecule has 0 aliphatic heterocycles. The summed E-state index contributed by atoms with van der Waals surface area (Å²) in [5.74, 6) is 0.481. The number of amides is 1. The largest absolute Gasteiger partial charge is 0.494 e. The smallest absolute Gasteiger partial charge is 0.257 e. The van der Waals surface area contributed by atoms with Crippen molar-refractivity contribution in [3.63, 3.8) is 0 Å². The van der Waals surface area contributed by atoms with E-state index in [9.17, 15) is 4.79 Å². The van der Waals surface area contributed by atoms with Crippen LogP contribution in [-0.2, 0) is 6.42 Å². The van der Waals surface area contributed by atoms with Crippen molar-refractivity contribution in [1.29, 1.82) is 0 Å². The van der Waals surface area contributed by atoms with Gasteiger partial charge >= 0.3 is 0 Å². The van der Waals surface area contributed by atoms with E-state index in [1.807, 2.05) is 24.3 Å². The molecular formula is C20H17Cl3N2O3. The summed E-state index contributed by atoms with van der Waals surface area (Å²) < 4.78 is 10.4.